The van der Waals surface area contributed by atoms with Crippen LogP contribution in [0, 0.1) is 0 Å². The zero-order chi connectivity index (χ0) is 14.4. The lowest BCUT2D eigenvalue weighted by Gasteiger charge is -2.08. The van der Waals surface area contributed by atoms with E-state index in [2.05, 4.69) is 10.1 Å². The highest BCUT2D eigenvalue weighted by molar-refractivity contribution is 6.57. The van der Waals surface area contributed by atoms with Crippen LogP contribution in [0.4, 0.5) is 0 Å². The van der Waals surface area contributed by atoms with Gasteiger partial charge in [0.05, 0.1) is 14.2 Å². The van der Waals surface area contributed by atoms with E-state index >= 15 is 0 Å². The summed E-state index contributed by atoms with van der Waals surface area (Å²) in [5.41, 5.74) is 0.00318. The van der Waals surface area contributed by atoms with Crippen molar-refractivity contribution in [2.24, 2.45) is 0 Å². The predicted octanol–water partition coefficient (Wildman–Crippen LogP) is 2.24. The Morgan fingerprint density at radius 2 is 1.68 bits per heavy atom. The first-order chi connectivity index (χ1) is 8.99. The Balaban J connectivity index is 2.88. The van der Waals surface area contributed by atoms with Crippen molar-refractivity contribution >= 4 is 35.1 Å². The van der Waals surface area contributed by atoms with Gasteiger partial charge in [-0.3, -0.25) is 4.79 Å². The first-order valence-corrected chi connectivity index (χ1v) is 5.84. The lowest BCUT2D eigenvalue weighted by atomic mass is 10.2. The third-order valence-corrected chi connectivity index (χ3v) is 2.55. The molecular formula is C12H11Cl2NO4. The molecule has 0 atom stereocenters. The molecule has 0 saturated heterocycles. The number of esters is 1. The number of amides is 1. The Morgan fingerprint density at radius 3 is 2.11 bits per heavy atom. The Hall–Kier alpha value is -1.72. The van der Waals surface area contributed by atoms with Crippen LogP contribution in [0.2, 0.25) is 0 Å². The molecule has 0 unspecified atom stereocenters. The molecule has 1 N–H and O–H groups in total. The number of rotatable bonds is 4. The molecule has 0 aliphatic rings. The van der Waals surface area contributed by atoms with E-state index in [-0.39, 0.29) is 10.2 Å². The summed E-state index contributed by atoms with van der Waals surface area (Å²) in [6.07, 6.45) is 0. The van der Waals surface area contributed by atoms with E-state index in [0.717, 1.165) is 7.11 Å². The summed E-state index contributed by atoms with van der Waals surface area (Å²) < 4.78 is 9.03. The van der Waals surface area contributed by atoms with Gasteiger partial charge < -0.3 is 14.8 Å². The van der Waals surface area contributed by atoms with Crippen LogP contribution < -0.4 is 10.1 Å². The van der Waals surface area contributed by atoms with Crippen LogP contribution in [0.5, 0.6) is 5.75 Å². The molecular weight excluding hydrogens is 293 g/mol. The molecule has 5 nitrogen and oxygen atoms in total. The maximum Gasteiger partial charge on any atom is 0.357 e. The summed E-state index contributed by atoms with van der Waals surface area (Å²) in [6, 6.07) is 6.29. The maximum absolute atomic E-state index is 11.9. The SMILES string of the molecule is COC(=O)C(NC(=O)c1ccc(OC)cc1)=C(Cl)Cl. The van der Waals surface area contributed by atoms with Crippen molar-refractivity contribution in [2.75, 3.05) is 14.2 Å². The lowest BCUT2D eigenvalue weighted by Crippen LogP contribution is -2.28. The van der Waals surface area contributed by atoms with Crippen molar-refractivity contribution in [3.63, 3.8) is 0 Å². The monoisotopic (exact) mass is 303 g/mol. The summed E-state index contributed by atoms with van der Waals surface area (Å²) in [6.45, 7) is 0. The van der Waals surface area contributed by atoms with Crippen LogP contribution in [0.15, 0.2) is 34.5 Å². The second-order valence-corrected chi connectivity index (χ2v) is 4.26. The first-order valence-electron chi connectivity index (χ1n) is 5.08. The van der Waals surface area contributed by atoms with Crippen LogP contribution in [0.3, 0.4) is 0 Å². The minimum absolute atomic E-state index is 0.313. The molecule has 0 aliphatic heterocycles. The number of carbonyl (C=O) groups excluding carboxylic acids is 2. The predicted molar refractivity (Wildman–Crippen MR) is 71.2 cm³/mol. The molecule has 19 heavy (non-hydrogen) atoms. The summed E-state index contributed by atoms with van der Waals surface area (Å²) in [7, 11) is 2.67. The largest absolute Gasteiger partial charge is 0.497 e. The van der Waals surface area contributed by atoms with Gasteiger partial charge in [-0.25, -0.2) is 4.79 Å². The standard InChI is InChI=1S/C12H11Cl2NO4/c1-18-8-5-3-7(4-6-8)11(16)15-9(10(13)14)12(17)19-2/h3-6H,1-2H3,(H,15,16). The fourth-order valence-corrected chi connectivity index (χ4v) is 1.45. The molecule has 0 fully saturated rings. The second-order valence-electron chi connectivity index (χ2n) is 3.31. The molecule has 102 valence electrons. The maximum atomic E-state index is 11.9. The molecule has 0 bridgehead atoms. The number of hydrogen-bond donors (Lipinski definition) is 1. The minimum atomic E-state index is -0.832. The van der Waals surface area contributed by atoms with Gasteiger partial charge in [0.15, 0.2) is 5.70 Å². The van der Waals surface area contributed by atoms with Gasteiger partial charge in [-0.2, -0.15) is 0 Å². The number of benzene rings is 1. The van der Waals surface area contributed by atoms with Gasteiger partial charge in [-0.1, -0.05) is 23.2 Å². The Bertz CT molecular complexity index is 507. The van der Waals surface area contributed by atoms with Crippen molar-refractivity contribution in [2.45, 2.75) is 0 Å². The van der Waals surface area contributed by atoms with E-state index < -0.39 is 11.9 Å². The molecule has 1 rings (SSSR count). The number of nitrogens with one attached hydrogen (secondary N) is 1. The van der Waals surface area contributed by atoms with E-state index in [1.807, 2.05) is 0 Å². The van der Waals surface area contributed by atoms with Gasteiger partial charge in [-0.05, 0) is 24.3 Å². The van der Waals surface area contributed by atoms with Crippen molar-refractivity contribution in [3.05, 3.63) is 40.0 Å². The number of carbonyl (C=O) groups is 2. The molecule has 1 aromatic rings. The second kappa shape index (κ2) is 7.01. The van der Waals surface area contributed by atoms with E-state index in [4.69, 9.17) is 27.9 Å². The summed E-state index contributed by atoms with van der Waals surface area (Å²) in [4.78, 5) is 23.2. The van der Waals surface area contributed by atoms with Crippen LogP contribution >= 0.6 is 23.2 Å². The van der Waals surface area contributed by atoms with Gasteiger partial charge in [0.1, 0.15) is 10.2 Å². The molecule has 0 radical (unpaired) electrons. The Kier molecular flexibility index (Phi) is 5.66. The quantitative estimate of drug-likeness (QED) is 0.684. The van der Waals surface area contributed by atoms with E-state index in [9.17, 15) is 9.59 Å². The minimum Gasteiger partial charge on any atom is -0.497 e. The van der Waals surface area contributed by atoms with Gasteiger partial charge >= 0.3 is 5.97 Å². The Morgan fingerprint density at radius 1 is 1.11 bits per heavy atom. The van der Waals surface area contributed by atoms with Crippen molar-refractivity contribution in [3.8, 4) is 5.75 Å². The molecule has 1 aromatic carbocycles. The van der Waals surface area contributed by atoms with Crippen LogP contribution in [0.25, 0.3) is 0 Å². The fourth-order valence-electron chi connectivity index (χ4n) is 1.21. The first kappa shape index (κ1) is 15.3. The molecule has 7 heteroatoms. The fraction of sp³-hybridized carbons (Fsp3) is 0.167. The topological polar surface area (TPSA) is 64.6 Å². The average Bonchev–Trinajstić information content (AvgIpc) is 2.43. The number of halogens is 2. The van der Waals surface area contributed by atoms with E-state index in [1.165, 1.54) is 19.2 Å². The normalized spacial score (nSPS) is 9.47. The third kappa shape index (κ3) is 4.15. The smallest absolute Gasteiger partial charge is 0.357 e. The van der Waals surface area contributed by atoms with E-state index in [0.29, 0.717) is 11.3 Å². The van der Waals surface area contributed by atoms with Crippen molar-refractivity contribution in [1.82, 2.24) is 5.32 Å². The lowest BCUT2D eigenvalue weighted by molar-refractivity contribution is -0.136. The van der Waals surface area contributed by atoms with E-state index in [1.54, 1.807) is 12.1 Å². The molecule has 0 aliphatic carbocycles. The summed E-state index contributed by atoms with van der Waals surface area (Å²) >= 11 is 11.0. The highest BCUT2D eigenvalue weighted by Crippen LogP contribution is 2.15. The number of ether oxygens (including phenoxy) is 2. The molecule has 0 spiro atoms. The molecule has 0 heterocycles. The summed E-state index contributed by atoms with van der Waals surface area (Å²) in [5, 5.41) is 2.28. The Labute approximate surface area is 120 Å². The van der Waals surface area contributed by atoms with Crippen LogP contribution in [-0.2, 0) is 9.53 Å². The van der Waals surface area contributed by atoms with Crippen molar-refractivity contribution in [1.29, 1.82) is 0 Å². The average molecular weight is 304 g/mol. The zero-order valence-electron chi connectivity index (χ0n) is 10.2. The van der Waals surface area contributed by atoms with Gasteiger partial charge in [0.25, 0.3) is 5.91 Å². The third-order valence-electron chi connectivity index (χ3n) is 2.17. The number of methoxy groups -OCH3 is 2. The molecule has 1 amide bonds. The zero-order valence-corrected chi connectivity index (χ0v) is 11.7. The molecule has 0 saturated carbocycles. The van der Waals surface area contributed by atoms with Crippen molar-refractivity contribution < 1.29 is 19.1 Å². The molecule has 0 aromatic heterocycles. The van der Waals surface area contributed by atoms with Gasteiger partial charge in [-0.15, -0.1) is 0 Å². The highest BCUT2D eigenvalue weighted by atomic mass is 35.5. The van der Waals surface area contributed by atoms with Gasteiger partial charge in [0, 0.05) is 5.56 Å². The van der Waals surface area contributed by atoms with Crippen LogP contribution in [-0.4, -0.2) is 26.1 Å². The number of hydrogen-bond acceptors (Lipinski definition) is 4. The van der Waals surface area contributed by atoms with Crippen LogP contribution in [0.1, 0.15) is 10.4 Å². The summed E-state index contributed by atoms with van der Waals surface area (Å²) in [5.74, 6) is -0.764. The van der Waals surface area contributed by atoms with Gasteiger partial charge in [0.2, 0.25) is 0 Å². The highest BCUT2D eigenvalue weighted by Gasteiger charge is 2.18.